The first-order valence-corrected chi connectivity index (χ1v) is 7.90. The molecule has 3 heteroatoms. The number of allylic oxidation sites excluding steroid dienone is 2. The lowest BCUT2D eigenvalue weighted by Crippen LogP contribution is -2.33. The van der Waals surface area contributed by atoms with Crippen molar-refractivity contribution in [3.8, 4) is 0 Å². The van der Waals surface area contributed by atoms with Crippen LogP contribution in [-0.4, -0.2) is 25.3 Å². The molecular weight excluding hydrogens is 252 g/mol. The Morgan fingerprint density at radius 1 is 1.50 bits per heavy atom. The Bertz CT molecular complexity index is 370. The molecule has 0 aromatic rings. The molecule has 1 saturated heterocycles. The number of carbonyl (C=O) groups excluding carboxylic acids is 1. The highest BCUT2D eigenvalue weighted by Crippen LogP contribution is 2.33. The van der Waals surface area contributed by atoms with Crippen molar-refractivity contribution in [1.29, 1.82) is 0 Å². The third-order valence-electron chi connectivity index (χ3n) is 4.02. The molecule has 0 aromatic carbocycles. The van der Waals surface area contributed by atoms with Gasteiger partial charge in [-0.15, -0.1) is 0 Å². The molecule has 1 aliphatic carbocycles. The van der Waals surface area contributed by atoms with Gasteiger partial charge in [0, 0.05) is 5.92 Å². The summed E-state index contributed by atoms with van der Waals surface area (Å²) in [5.74, 6) is 0.466. The molecule has 1 heterocycles. The number of ether oxygens (including phenoxy) is 2. The lowest BCUT2D eigenvalue weighted by Gasteiger charge is -2.33. The maximum Gasteiger partial charge on any atom is 0.309 e. The molecular formula is C17H26O3. The lowest BCUT2D eigenvalue weighted by molar-refractivity contribution is -0.148. The minimum absolute atomic E-state index is 0.0548. The quantitative estimate of drug-likeness (QED) is 0.548. The second-order valence-corrected chi connectivity index (χ2v) is 5.71. The SMILES string of the molecule is CCC/C=C/CC(=O)OC[C@@H]1CC2=CCCC[C@@H]2CO1. The topological polar surface area (TPSA) is 35.5 Å². The van der Waals surface area contributed by atoms with E-state index in [1.807, 2.05) is 12.2 Å². The predicted molar refractivity (Wildman–Crippen MR) is 79.4 cm³/mol. The molecule has 2 rings (SSSR count). The molecule has 0 spiro atoms. The molecule has 0 saturated carbocycles. The van der Waals surface area contributed by atoms with E-state index in [2.05, 4.69) is 13.0 Å². The van der Waals surface area contributed by atoms with Crippen molar-refractivity contribution in [3.05, 3.63) is 23.8 Å². The zero-order valence-electron chi connectivity index (χ0n) is 12.5. The van der Waals surface area contributed by atoms with Gasteiger partial charge < -0.3 is 9.47 Å². The average Bonchev–Trinajstić information content (AvgIpc) is 2.49. The summed E-state index contributed by atoms with van der Waals surface area (Å²) in [5, 5.41) is 0. The van der Waals surface area contributed by atoms with Crippen LogP contribution in [0.5, 0.6) is 0 Å². The Hall–Kier alpha value is -1.09. The van der Waals surface area contributed by atoms with Crippen LogP contribution in [0.4, 0.5) is 0 Å². The van der Waals surface area contributed by atoms with E-state index in [-0.39, 0.29) is 12.1 Å². The fourth-order valence-corrected chi connectivity index (χ4v) is 2.83. The molecule has 1 aliphatic heterocycles. The number of fused-ring (bicyclic) bond motifs is 1. The summed E-state index contributed by atoms with van der Waals surface area (Å²) in [6.45, 7) is 3.31. The summed E-state index contributed by atoms with van der Waals surface area (Å²) in [6, 6.07) is 0. The zero-order chi connectivity index (χ0) is 14.2. The van der Waals surface area contributed by atoms with Gasteiger partial charge in [-0.1, -0.05) is 37.1 Å². The highest BCUT2D eigenvalue weighted by atomic mass is 16.6. The Kier molecular flexibility index (Phi) is 6.31. The Morgan fingerprint density at radius 2 is 2.40 bits per heavy atom. The second kappa shape index (κ2) is 8.25. The molecule has 20 heavy (non-hydrogen) atoms. The van der Waals surface area contributed by atoms with E-state index in [1.54, 1.807) is 0 Å². The van der Waals surface area contributed by atoms with Crippen LogP contribution in [0.15, 0.2) is 23.8 Å². The van der Waals surface area contributed by atoms with Gasteiger partial charge in [-0.25, -0.2) is 0 Å². The van der Waals surface area contributed by atoms with Gasteiger partial charge in [0.2, 0.25) is 0 Å². The van der Waals surface area contributed by atoms with Crippen LogP contribution in [0.3, 0.4) is 0 Å². The fraction of sp³-hybridized carbons (Fsp3) is 0.706. The van der Waals surface area contributed by atoms with Crippen LogP contribution in [0, 0.1) is 5.92 Å². The third kappa shape index (κ3) is 4.78. The fourth-order valence-electron chi connectivity index (χ4n) is 2.83. The first-order valence-electron chi connectivity index (χ1n) is 7.90. The molecule has 2 aliphatic rings. The number of rotatable bonds is 6. The average molecular weight is 278 g/mol. The van der Waals surface area contributed by atoms with E-state index in [4.69, 9.17) is 9.47 Å². The van der Waals surface area contributed by atoms with Crippen molar-refractivity contribution < 1.29 is 14.3 Å². The number of hydrogen-bond acceptors (Lipinski definition) is 3. The third-order valence-corrected chi connectivity index (χ3v) is 4.02. The standard InChI is InChI=1S/C17H26O3/c1-2-3-4-5-10-17(18)20-13-16-11-14-8-6-7-9-15(14)12-19-16/h4-5,8,15-16H,2-3,6-7,9-13H2,1H3/b5-4+/t15-,16+/m1/s1. The van der Waals surface area contributed by atoms with E-state index < -0.39 is 0 Å². The van der Waals surface area contributed by atoms with Crippen LogP contribution >= 0.6 is 0 Å². The van der Waals surface area contributed by atoms with Crippen molar-refractivity contribution >= 4 is 5.97 Å². The van der Waals surface area contributed by atoms with E-state index >= 15 is 0 Å². The van der Waals surface area contributed by atoms with Crippen LogP contribution in [0.2, 0.25) is 0 Å². The van der Waals surface area contributed by atoms with Crippen LogP contribution in [0.1, 0.15) is 51.9 Å². The van der Waals surface area contributed by atoms with Gasteiger partial charge >= 0.3 is 5.97 Å². The van der Waals surface area contributed by atoms with Crippen molar-refractivity contribution in [3.63, 3.8) is 0 Å². The van der Waals surface area contributed by atoms with Crippen molar-refractivity contribution in [2.45, 2.75) is 58.0 Å². The lowest BCUT2D eigenvalue weighted by atomic mass is 9.83. The van der Waals surface area contributed by atoms with Gasteiger partial charge in [-0.3, -0.25) is 4.79 Å². The van der Waals surface area contributed by atoms with Gasteiger partial charge in [-0.2, -0.15) is 0 Å². The summed E-state index contributed by atoms with van der Waals surface area (Å²) in [5.41, 5.74) is 1.52. The second-order valence-electron chi connectivity index (χ2n) is 5.71. The largest absolute Gasteiger partial charge is 0.463 e. The monoisotopic (exact) mass is 278 g/mol. The van der Waals surface area contributed by atoms with Gasteiger partial charge in [0.15, 0.2) is 0 Å². The Balaban J connectivity index is 1.67. The maximum absolute atomic E-state index is 11.6. The molecule has 0 aromatic heterocycles. The molecule has 0 amide bonds. The minimum Gasteiger partial charge on any atom is -0.463 e. The van der Waals surface area contributed by atoms with Crippen LogP contribution < -0.4 is 0 Å². The molecule has 0 N–H and O–H groups in total. The van der Waals surface area contributed by atoms with Gasteiger partial charge in [0.05, 0.1) is 19.1 Å². The summed E-state index contributed by atoms with van der Waals surface area (Å²) in [7, 11) is 0. The molecule has 3 nitrogen and oxygen atoms in total. The van der Waals surface area contributed by atoms with Gasteiger partial charge in [0.1, 0.15) is 6.61 Å². The highest BCUT2D eigenvalue weighted by Gasteiger charge is 2.27. The summed E-state index contributed by atoms with van der Waals surface area (Å²) >= 11 is 0. The van der Waals surface area contributed by atoms with Crippen molar-refractivity contribution in [2.24, 2.45) is 5.92 Å². The Labute approximate surface area is 122 Å². The van der Waals surface area contributed by atoms with Crippen LogP contribution in [-0.2, 0) is 14.3 Å². The maximum atomic E-state index is 11.6. The molecule has 0 radical (unpaired) electrons. The summed E-state index contributed by atoms with van der Waals surface area (Å²) in [4.78, 5) is 11.6. The van der Waals surface area contributed by atoms with E-state index in [0.29, 0.717) is 18.9 Å². The number of esters is 1. The molecule has 0 bridgehead atoms. The normalized spacial score (nSPS) is 26.1. The number of unbranched alkanes of at least 4 members (excludes halogenated alkanes) is 1. The molecule has 1 fully saturated rings. The summed E-state index contributed by atoms with van der Waals surface area (Å²) < 4.78 is 11.1. The zero-order valence-corrected chi connectivity index (χ0v) is 12.5. The first-order chi connectivity index (χ1) is 9.79. The van der Waals surface area contributed by atoms with Gasteiger partial charge in [-0.05, 0) is 32.1 Å². The molecule has 0 unspecified atom stereocenters. The minimum atomic E-state index is -0.152. The predicted octanol–water partition coefficient (Wildman–Crippen LogP) is 3.79. The number of carbonyl (C=O) groups is 1. The van der Waals surface area contributed by atoms with Crippen molar-refractivity contribution in [1.82, 2.24) is 0 Å². The first kappa shape index (κ1) is 15.3. The van der Waals surface area contributed by atoms with E-state index in [1.165, 1.54) is 24.8 Å². The number of hydrogen-bond donors (Lipinski definition) is 0. The molecule has 2 atom stereocenters. The van der Waals surface area contributed by atoms with Crippen molar-refractivity contribution in [2.75, 3.05) is 13.2 Å². The van der Waals surface area contributed by atoms with E-state index in [0.717, 1.165) is 25.9 Å². The van der Waals surface area contributed by atoms with E-state index in [9.17, 15) is 4.79 Å². The van der Waals surface area contributed by atoms with Crippen LogP contribution in [0.25, 0.3) is 0 Å². The smallest absolute Gasteiger partial charge is 0.309 e. The Morgan fingerprint density at radius 3 is 3.25 bits per heavy atom. The molecule has 112 valence electrons. The highest BCUT2D eigenvalue weighted by molar-refractivity contribution is 5.71. The van der Waals surface area contributed by atoms with Gasteiger partial charge in [0.25, 0.3) is 0 Å². The summed E-state index contributed by atoms with van der Waals surface area (Å²) in [6.07, 6.45) is 13.5.